The lowest BCUT2D eigenvalue weighted by molar-refractivity contribution is -0.142. The highest BCUT2D eigenvalue weighted by Gasteiger charge is 2.37. The Bertz CT molecular complexity index is 708. The Hall–Kier alpha value is -2.15. The van der Waals surface area contributed by atoms with Crippen LogP contribution < -0.4 is 4.90 Å². The van der Waals surface area contributed by atoms with Crippen molar-refractivity contribution in [3.05, 3.63) is 29.6 Å². The fourth-order valence-electron chi connectivity index (χ4n) is 3.65. The topological polar surface area (TPSA) is 47.1 Å². The molecule has 3 rings (SSSR count). The average molecular weight is 376 g/mol. The molecule has 7 heteroatoms. The lowest BCUT2D eigenvalue weighted by Crippen LogP contribution is -2.65. The van der Waals surface area contributed by atoms with Crippen LogP contribution in [0.1, 0.15) is 24.2 Å². The van der Waals surface area contributed by atoms with Crippen LogP contribution in [0.5, 0.6) is 0 Å². The normalized spacial score (nSPS) is 18.6. The first-order valence-corrected chi connectivity index (χ1v) is 9.57. The Kier molecular flexibility index (Phi) is 5.69. The van der Waals surface area contributed by atoms with E-state index < -0.39 is 5.82 Å². The van der Waals surface area contributed by atoms with Gasteiger partial charge in [-0.1, -0.05) is 13.8 Å². The number of nitrogens with zero attached hydrogens (tertiary/aromatic N) is 4. The number of benzene rings is 1. The molecule has 0 unspecified atom stereocenters. The van der Waals surface area contributed by atoms with Crippen LogP contribution in [0.2, 0.25) is 0 Å². The number of carbonyl (C=O) groups excluding carboxylic acids is 2. The molecule has 0 spiro atoms. The lowest BCUT2D eigenvalue weighted by atomic mass is 10.0. The molecular formula is C20H29FN4O2. The summed E-state index contributed by atoms with van der Waals surface area (Å²) in [5.74, 6) is -0.482. The Labute approximate surface area is 160 Å². The van der Waals surface area contributed by atoms with Gasteiger partial charge in [0, 0.05) is 71.0 Å². The molecule has 0 bridgehead atoms. The third-order valence-corrected chi connectivity index (χ3v) is 5.49. The number of hydrogen-bond donors (Lipinski definition) is 0. The highest BCUT2D eigenvalue weighted by molar-refractivity contribution is 5.95. The molecule has 2 saturated heterocycles. The minimum absolute atomic E-state index is 0.0363. The molecule has 2 heterocycles. The molecule has 2 fully saturated rings. The Balaban J connectivity index is 1.52. The van der Waals surface area contributed by atoms with Gasteiger partial charge in [-0.15, -0.1) is 0 Å². The number of rotatable bonds is 4. The summed E-state index contributed by atoms with van der Waals surface area (Å²) in [4.78, 5) is 32.4. The van der Waals surface area contributed by atoms with E-state index in [0.29, 0.717) is 19.1 Å². The zero-order valence-corrected chi connectivity index (χ0v) is 16.6. The van der Waals surface area contributed by atoms with Crippen LogP contribution in [0.4, 0.5) is 10.1 Å². The molecule has 0 radical (unpaired) electrons. The molecule has 2 aliphatic rings. The second kappa shape index (κ2) is 7.84. The predicted molar refractivity (Wildman–Crippen MR) is 103 cm³/mol. The van der Waals surface area contributed by atoms with Crippen molar-refractivity contribution in [1.82, 2.24) is 14.7 Å². The molecule has 0 saturated carbocycles. The van der Waals surface area contributed by atoms with Crippen LogP contribution in [-0.4, -0.2) is 85.9 Å². The summed E-state index contributed by atoms with van der Waals surface area (Å²) < 4.78 is 14.3. The molecule has 0 aliphatic carbocycles. The number of anilines is 1. The van der Waals surface area contributed by atoms with Crippen molar-refractivity contribution in [2.45, 2.75) is 19.9 Å². The number of piperazine rings is 1. The number of hydrogen-bond acceptors (Lipinski definition) is 4. The van der Waals surface area contributed by atoms with Crippen molar-refractivity contribution in [3.8, 4) is 0 Å². The van der Waals surface area contributed by atoms with Gasteiger partial charge < -0.3 is 14.7 Å². The van der Waals surface area contributed by atoms with Gasteiger partial charge in [-0.05, 0) is 18.2 Å². The summed E-state index contributed by atoms with van der Waals surface area (Å²) in [7, 11) is 3.68. The molecule has 0 aromatic heterocycles. The Morgan fingerprint density at radius 2 is 1.70 bits per heavy atom. The maximum Gasteiger partial charge on any atom is 0.256 e. The van der Waals surface area contributed by atoms with Crippen molar-refractivity contribution >= 4 is 17.5 Å². The second-order valence-electron chi connectivity index (χ2n) is 7.94. The summed E-state index contributed by atoms with van der Waals surface area (Å²) in [6, 6.07) is 5.11. The van der Waals surface area contributed by atoms with Crippen molar-refractivity contribution in [2.75, 3.05) is 58.3 Å². The van der Waals surface area contributed by atoms with E-state index in [1.165, 1.54) is 6.07 Å². The summed E-state index contributed by atoms with van der Waals surface area (Å²) in [5, 5.41) is 0. The third kappa shape index (κ3) is 4.08. The summed E-state index contributed by atoms with van der Waals surface area (Å²) in [6.07, 6.45) is 0. The van der Waals surface area contributed by atoms with E-state index in [0.717, 1.165) is 31.9 Å². The number of carbonyl (C=O) groups is 2. The molecule has 1 aromatic rings. The van der Waals surface area contributed by atoms with Crippen molar-refractivity contribution in [1.29, 1.82) is 0 Å². The minimum atomic E-state index is -0.476. The number of amides is 2. The predicted octanol–water partition coefficient (Wildman–Crippen LogP) is 1.52. The smallest absolute Gasteiger partial charge is 0.256 e. The minimum Gasteiger partial charge on any atom is -0.378 e. The molecule has 0 atom stereocenters. The molecule has 0 N–H and O–H groups in total. The van der Waals surface area contributed by atoms with Crippen LogP contribution in [0, 0.1) is 11.7 Å². The van der Waals surface area contributed by atoms with E-state index >= 15 is 0 Å². The van der Waals surface area contributed by atoms with E-state index in [1.807, 2.05) is 37.7 Å². The van der Waals surface area contributed by atoms with Crippen molar-refractivity contribution in [2.24, 2.45) is 5.92 Å². The SMILES string of the molecule is CC(C)C(=O)N1CC(N2CCN(C(=O)c3ccc(N(C)C)cc3F)CC2)C1. The largest absolute Gasteiger partial charge is 0.378 e. The fraction of sp³-hybridized carbons (Fsp3) is 0.600. The molecule has 148 valence electrons. The van der Waals surface area contributed by atoms with Gasteiger partial charge in [-0.3, -0.25) is 14.5 Å². The highest BCUT2D eigenvalue weighted by Crippen LogP contribution is 2.22. The van der Waals surface area contributed by atoms with Gasteiger partial charge in [-0.25, -0.2) is 4.39 Å². The van der Waals surface area contributed by atoms with Crippen LogP contribution >= 0.6 is 0 Å². The first-order chi connectivity index (χ1) is 12.8. The molecule has 2 aliphatic heterocycles. The third-order valence-electron chi connectivity index (χ3n) is 5.49. The molecule has 1 aromatic carbocycles. The van der Waals surface area contributed by atoms with Crippen LogP contribution in [0.25, 0.3) is 0 Å². The Morgan fingerprint density at radius 3 is 2.22 bits per heavy atom. The molecule has 27 heavy (non-hydrogen) atoms. The maximum absolute atomic E-state index is 14.3. The van der Waals surface area contributed by atoms with E-state index in [1.54, 1.807) is 17.0 Å². The highest BCUT2D eigenvalue weighted by atomic mass is 19.1. The standard InChI is InChI=1S/C20H29FN4O2/c1-14(2)19(26)25-12-16(13-25)23-7-9-24(10-8-23)20(27)17-6-5-15(22(3)4)11-18(17)21/h5-6,11,14,16H,7-10,12-13H2,1-4H3. The Morgan fingerprint density at radius 1 is 1.07 bits per heavy atom. The van der Waals surface area contributed by atoms with Crippen molar-refractivity contribution in [3.63, 3.8) is 0 Å². The van der Waals surface area contributed by atoms with Gasteiger partial charge in [0.25, 0.3) is 5.91 Å². The number of halogens is 1. The molecular weight excluding hydrogens is 347 g/mol. The summed E-state index contributed by atoms with van der Waals surface area (Å²) in [5.41, 5.74) is 0.866. The monoisotopic (exact) mass is 376 g/mol. The van der Waals surface area contributed by atoms with Gasteiger partial charge in [0.1, 0.15) is 5.82 Å². The molecule has 6 nitrogen and oxygen atoms in total. The van der Waals surface area contributed by atoms with E-state index in [-0.39, 0.29) is 23.3 Å². The first-order valence-electron chi connectivity index (χ1n) is 9.57. The molecule has 2 amide bonds. The van der Waals surface area contributed by atoms with Crippen LogP contribution in [0.3, 0.4) is 0 Å². The van der Waals surface area contributed by atoms with Gasteiger partial charge >= 0.3 is 0 Å². The zero-order valence-electron chi connectivity index (χ0n) is 16.6. The number of likely N-dealkylation sites (tertiary alicyclic amines) is 1. The summed E-state index contributed by atoms with van der Waals surface area (Å²) in [6.45, 7) is 8.07. The zero-order chi connectivity index (χ0) is 19.7. The van der Waals surface area contributed by atoms with E-state index in [4.69, 9.17) is 0 Å². The lowest BCUT2D eigenvalue weighted by Gasteiger charge is -2.48. The van der Waals surface area contributed by atoms with Crippen LogP contribution in [-0.2, 0) is 4.79 Å². The maximum atomic E-state index is 14.3. The van der Waals surface area contributed by atoms with Gasteiger partial charge in [0.2, 0.25) is 5.91 Å². The quantitative estimate of drug-likeness (QED) is 0.799. The van der Waals surface area contributed by atoms with Crippen LogP contribution in [0.15, 0.2) is 18.2 Å². The van der Waals surface area contributed by atoms with Gasteiger partial charge in [-0.2, -0.15) is 0 Å². The van der Waals surface area contributed by atoms with Crippen molar-refractivity contribution < 1.29 is 14.0 Å². The van der Waals surface area contributed by atoms with Gasteiger partial charge in [0.15, 0.2) is 0 Å². The van der Waals surface area contributed by atoms with E-state index in [2.05, 4.69) is 4.90 Å². The average Bonchev–Trinajstić information content (AvgIpc) is 2.60. The first kappa shape index (κ1) is 19.6. The second-order valence-corrected chi connectivity index (χ2v) is 7.94. The van der Waals surface area contributed by atoms with E-state index in [9.17, 15) is 14.0 Å². The summed E-state index contributed by atoms with van der Waals surface area (Å²) >= 11 is 0. The van der Waals surface area contributed by atoms with Gasteiger partial charge in [0.05, 0.1) is 5.56 Å². The fourth-order valence-corrected chi connectivity index (χ4v) is 3.65.